The molecule has 0 aliphatic rings. The summed E-state index contributed by atoms with van der Waals surface area (Å²) in [5.74, 6) is 0.498. The van der Waals surface area contributed by atoms with Crippen molar-refractivity contribution in [1.82, 2.24) is 0 Å². The number of carbonyl (C=O) groups excluding carboxylic acids is 1. The highest BCUT2D eigenvalue weighted by molar-refractivity contribution is 5.84. The molecule has 1 heteroatoms. The van der Waals surface area contributed by atoms with E-state index in [1.807, 2.05) is 0 Å². The van der Waals surface area contributed by atoms with Gasteiger partial charge in [0.1, 0.15) is 5.78 Å². The maximum absolute atomic E-state index is 12.5. The molecular weight excluding hydrogens is 232 g/mol. The predicted octanol–water partition coefficient (Wildman–Crippen LogP) is 6.16. The van der Waals surface area contributed by atoms with E-state index < -0.39 is 0 Å². The van der Waals surface area contributed by atoms with E-state index in [2.05, 4.69) is 41.5 Å². The third-order valence-corrected chi connectivity index (χ3v) is 5.02. The van der Waals surface area contributed by atoms with Crippen molar-refractivity contribution in [2.45, 2.75) is 99.3 Å². The van der Waals surface area contributed by atoms with Crippen LogP contribution in [0.5, 0.6) is 0 Å². The van der Waals surface area contributed by atoms with Crippen LogP contribution >= 0.6 is 0 Å². The molecule has 0 saturated heterocycles. The number of Topliss-reactive ketones (excluding diaryl/α,β-unsaturated/α-hetero) is 1. The number of rotatable bonds is 11. The van der Waals surface area contributed by atoms with Crippen LogP contribution in [0.3, 0.4) is 0 Å². The smallest absolute Gasteiger partial charge is 0.138 e. The molecule has 0 aromatic heterocycles. The first-order valence-electron chi connectivity index (χ1n) is 8.34. The molecule has 0 rings (SSSR count). The van der Waals surface area contributed by atoms with E-state index in [1.54, 1.807) is 0 Å². The van der Waals surface area contributed by atoms with Crippen LogP contribution in [0, 0.1) is 10.8 Å². The molecule has 0 bridgehead atoms. The first-order valence-corrected chi connectivity index (χ1v) is 8.34. The molecule has 1 unspecified atom stereocenters. The number of ketones is 1. The molecule has 1 atom stereocenters. The molecule has 19 heavy (non-hydrogen) atoms. The lowest BCUT2D eigenvalue weighted by Gasteiger charge is -2.31. The summed E-state index contributed by atoms with van der Waals surface area (Å²) in [6.07, 6.45) is 9.98. The fourth-order valence-corrected chi connectivity index (χ4v) is 2.32. The minimum Gasteiger partial charge on any atom is -0.299 e. The van der Waals surface area contributed by atoms with E-state index in [4.69, 9.17) is 0 Å². The third-order valence-electron chi connectivity index (χ3n) is 5.02. The maximum Gasteiger partial charge on any atom is 0.138 e. The van der Waals surface area contributed by atoms with E-state index in [0.29, 0.717) is 11.2 Å². The van der Waals surface area contributed by atoms with Crippen LogP contribution in [0.25, 0.3) is 0 Å². The summed E-state index contributed by atoms with van der Waals surface area (Å²) < 4.78 is 0. The third kappa shape index (κ3) is 7.13. The summed E-state index contributed by atoms with van der Waals surface area (Å²) in [6.45, 7) is 13.4. The molecule has 0 aliphatic heterocycles. The Kier molecular flexibility index (Phi) is 8.61. The van der Waals surface area contributed by atoms with Crippen molar-refractivity contribution in [3.63, 3.8) is 0 Å². The van der Waals surface area contributed by atoms with Gasteiger partial charge in [0, 0.05) is 11.8 Å². The number of carbonyl (C=O) groups is 1. The van der Waals surface area contributed by atoms with Crippen LogP contribution in [0.4, 0.5) is 0 Å². The van der Waals surface area contributed by atoms with Gasteiger partial charge in [-0.1, -0.05) is 67.2 Å². The molecular formula is C18H36O. The fourth-order valence-electron chi connectivity index (χ4n) is 2.32. The van der Waals surface area contributed by atoms with Crippen molar-refractivity contribution in [1.29, 1.82) is 0 Å². The number of hydrogen-bond acceptors (Lipinski definition) is 1. The van der Waals surface area contributed by atoms with Gasteiger partial charge in [-0.25, -0.2) is 0 Å². The molecule has 0 aliphatic carbocycles. The van der Waals surface area contributed by atoms with Gasteiger partial charge >= 0.3 is 0 Å². The van der Waals surface area contributed by atoms with E-state index in [9.17, 15) is 4.79 Å². The summed E-state index contributed by atoms with van der Waals surface area (Å²) in [5.41, 5.74) is 0.289. The highest BCUT2D eigenvalue weighted by Gasteiger charge is 2.32. The summed E-state index contributed by atoms with van der Waals surface area (Å²) in [4.78, 5) is 12.5. The van der Waals surface area contributed by atoms with Gasteiger partial charge in [-0.05, 0) is 31.1 Å². The maximum atomic E-state index is 12.5. The fraction of sp³-hybridized carbons (Fsp3) is 0.944. The van der Waals surface area contributed by atoms with E-state index in [0.717, 1.165) is 32.1 Å². The zero-order valence-electron chi connectivity index (χ0n) is 14.3. The van der Waals surface area contributed by atoms with Gasteiger partial charge in [-0.15, -0.1) is 0 Å². The second kappa shape index (κ2) is 8.76. The van der Waals surface area contributed by atoms with Crippen molar-refractivity contribution < 1.29 is 4.79 Å². The molecule has 0 fully saturated rings. The molecule has 1 nitrogen and oxygen atoms in total. The lowest BCUT2D eigenvalue weighted by atomic mass is 9.72. The van der Waals surface area contributed by atoms with Crippen molar-refractivity contribution in [3.05, 3.63) is 0 Å². The Morgan fingerprint density at radius 2 is 1.47 bits per heavy atom. The Balaban J connectivity index is 4.30. The highest BCUT2D eigenvalue weighted by Crippen LogP contribution is 2.36. The first kappa shape index (κ1) is 18.7. The van der Waals surface area contributed by atoms with Crippen molar-refractivity contribution >= 4 is 5.78 Å². The quantitative estimate of drug-likeness (QED) is 0.410. The summed E-state index contributed by atoms with van der Waals surface area (Å²) in [5, 5.41) is 0. The normalized spacial score (nSPS) is 15.3. The van der Waals surface area contributed by atoms with E-state index >= 15 is 0 Å². The summed E-state index contributed by atoms with van der Waals surface area (Å²) >= 11 is 0. The van der Waals surface area contributed by atoms with Gasteiger partial charge in [-0.2, -0.15) is 0 Å². The van der Waals surface area contributed by atoms with Crippen LogP contribution in [0.2, 0.25) is 0 Å². The molecule has 0 radical (unpaired) electrons. The monoisotopic (exact) mass is 268 g/mol. The lowest BCUT2D eigenvalue weighted by Crippen LogP contribution is -2.29. The van der Waals surface area contributed by atoms with Gasteiger partial charge in [0.15, 0.2) is 0 Å². The van der Waals surface area contributed by atoms with Gasteiger partial charge in [0.25, 0.3) is 0 Å². The second-order valence-corrected chi connectivity index (χ2v) is 7.17. The van der Waals surface area contributed by atoms with Crippen LogP contribution in [-0.2, 0) is 4.79 Å². The van der Waals surface area contributed by atoms with Gasteiger partial charge in [0.05, 0.1) is 0 Å². The van der Waals surface area contributed by atoms with E-state index in [1.165, 1.54) is 25.7 Å². The van der Waals surface area contributed by atoms with Gasteiger partial charge < -0.3 is 0 Å². The topological polar surface area (TPSA) is 17.1 Å². The SMILES string of the molecule is CCCCCCC(=O)C(C)(CC)CCC(C)(C)CC. The van der Waals surface area contributed by atoms with Crippen molar-refractivity contribution in [3.8, 4) is 0 Å². The molecule has 0 aromatic rings. The molecule has 114 valence electrons. The Morgan fingerprint density at radius 3 is 1.95 bits per heavy atom. The lowest BCUT2D eigenvalue weighted by molar-refractivity contribution is -0.129. The highest BCUT2D eigenvalue weighted by atomic mass is 16.1. The predicted molar refractivity (Wildman–Crippen MR) is 85.5 cm³/mol. The average Bonchev–Trinajstić information content (AvgIpc) is 2.40. The largest absolute Gasteiger partial charge is 0.299 e. The minimum atomic E-state index is -0.0847. The molecule has 0 N–H and O–H groups in total. The van der Waals surface area contributed by atoms with Gasteiger partial charge in [0.2, 0.25) is 0 Å². The summed E-state index contributed by atoms with van der Waals surface area (Å²) in [7, 11) is 0. The standard InChI is InChI=1S/C18H36O/c1-7-10-11-12-13-16(19)18(6,9-3)15-14-17(4,5)8-2/h7-15H2,1-6H3. The number of hydrogen-bond donors (Lipinski definition) is 0. The van der Waals surface area contributed by atoms with Gasteiger partial charge in [-0.3, -0.25) is 4.79 Å². The molecule has 0 spiro atoms. The average molecular weight is 268 g/mol. The van der Waals surface area contributed by atoms with Crippen molar-refractivity contribution in [2.75, 3.05) is 0 Å². The zero-order chi connectivity index (χ0) is 14.9. The molecule has 0 aromatic carbocycles. The van der Waals surface area contributed by atoms with Crippen molar-refractivity contribution in [2.24, 2.45) is 10.8 Å². The van der Waals surface area contributed by atoms with Crippen LogP contribution in [-0.4, -0.2) is 5.78 Å². The van der Waals surface area contributed by atoms with Crippen LogP contribution in [0.15, 0.2) is 0 Å². The molecule has 0 saturated carbocycles. The minimum absolute atomic E-state index is 0.0847. The van der Waals surface area contributed by atoms with E-state index in [-0.39, 0.29) is 5.41 Å². The second-order valence-electron chi connectivity index (χ2n) is 7.17. The van der Waals surface area contributed by atoms with Crippen LogP contribution in [0.1, 0.15) is 99.3 Å². The Morgan fingerprint density at radius 1 is 0.842 bits per heavy atom. The Bertz CT molecular complexity index is 254. The Hall–Kier alpha value is -0.330. The molecule has 0 amide bonds. The first-order chi connectivity index (χ1) is 8.81. The number of unbranched alkanes of at least 4 members (excludes halogenated alkanes) is 3. The Labute approximate surface area is 121 Å². The van der Waals surface area contributed by atoms with Crippen LogP contribution < -0.4 is 0 Å². The summed E-state index contributed by atoms with van der Waals surface area (Å²) in [6, 6.07) is 0. The molecule has 0 heterocycles. The zero-order valence-corrected chi connectivity index (χ0v) is 14.3.